The third-order valence-corrected chi connectivity index (χ3v) is 5.27. The van der Waals surface area contributed by atoms with Crippen molar-refractivity contribution in [3.8, 4) is 5.75 Å². The predicted molar refractivity (Wildman–Crippen MR) is 98.8 cm³/mol. The van der Waals surface area contributed by atoms with Gasteiger partial charge in [-0.25, -0.2) is 13.9 Å². The van der Waals surface area contributed by atoms with E-state index in [1.165, 1.54) is 23.8 Å². The normalized spacial score (nSPS) is 12.4. The predicted octanol–water partition coefficient (Wildman–Crippen LogP) is 1.66. The first kappa shape index (κ1) is 20.8. The molecule has 0 unspecified atom stereocenters. The van der Waals surface area contributed by atoms with Crippen LogP contribution < -0.4 is 14.9 Å². The van der Waals surface area contributed by atoms with Crippen LogP contribution in [-0.4, -0.2) is 37.2 Å². The Kier molecular flexibility index (Phi) is 7.71. The van der Waals surface area contributed by atoms with Gasteiger partial charge >= 0.3 is 0 Å². The second kappa shape index (κ2) is 10.0. The van der Waals surface area contributed by atoms with Crippen LogP contribution in [0.25, 0.3) is 0 Å². The van der Waals surface area contributed by atoms with E-state index in [1.807, 2.05) is 0 Å². The van der Waals surface area contributed by atoms with Gasteiger partial charge in [-0.05, 0) is 48.7 Å². The van der Waals surface area contributed by atoms with Crippen LogP contribution >= 0.6 is 0 Å². The number of benzene rings is 1. The molecule has 0 aliphatic rings. The molecule has 8 nitrogen and oxygen atoms in total. The Balaban J connectivity index is 2.11. The zero-order chi connectivity index (χ0) is 19.7. The van der Waals surface area contributed by atoms with E-state index in [2.05, 4.69) is 16.6 Å². The summed E-state index contributed by atoms with van der Waals surface area (Å²) in [4.78, 5) is 15.8. The number of rotatable bonds is 10. The third-order valence-electron chi connectivity index (χ3n) is 3.79. The number of hydroxylamine groups is 1. The molecule has 0 saturated carbocycles. The highest BCUT2D eigenvalue weighted by atomic mass is 32.2. The number of carbonyl (C=O) groups is 1. The van der Waals surface area contributed by atoms with Crippen LogP contribution in [0.1, 0.15) is 25.3 Å². The monoisotopic (exact) mass is 393 g/mol. The number of hydrogen-bond acceptors (Lipinski definition) is 6. The van der Waals surface area contributed by atoms with E-state index in [1.54, 1.807) is 30.5 Å². The van der Waals surface area contributed by atoms with Crippen molar-refractivity contribution in [3.05, 3.63) is 54.4 Å². The molecule has 1 atom stereocenters. The second-order valence-electron chi connectivity index (χ2n) is 5.89. The number of nitrogens with zero attached hydrogens (tertiary/aromatic N) is 1. The van der Waals surface area contributed by atoms with Crippen LogP contribution in [0.5, 0.6) is 5.75 Å². The maximum Gasteiger partial charge on any atom is 0.261 e. The lowest BCUT2D eigenvalue weighted by molar-refractivity contribution is -0.130. The topological polar surface area (TPSA) is 118 Å². The Morgan fingerprint density at radius 1 is 1.26 bits per heavy atom. The van der Waals surface area contributed by atoms with Crippen molar-refractivity contribution < 1.29 is 23.2 Å². The maximum absolute atomic E-state index is 12.6. The molecule has 1 heterocycles. The summed E-state index contributed by atoms with van der Waals surface area (Å²) in [5.41, 5.74) is 2.14. The largest absolute Gasteiger partial charge is 0.494 e. The third kappa shape index (κ3) is 6.31. The van der Waals surface area contributed by atoms with Crippen molar-refractivity contribution in [2.75, 3.05) is 6.61 Å². The lowest BCUT2D eigenvalue weighted by atomic mass is 10.1. The van der Waals surface area contributed by atoms with Gasteiger partial charge in [-0.2, -0.15) is 4.72 Å². The van der Waals surface area contributed by atoms with E-state index in [0.717, 1.165) is 12.8 Å². The van der Waals surface area contributed by atoms with Crippen molar-refractivity contribution in [1.82, 2.24) is 15.2 Å². The number of hydrogen-bond donors (Lipinski definition) is 3. The van der Waals surface area contributed by atoms with Gasteiger partial charge in [0, 0.05) is 12.4 Å². The van der Waals surface area contributed by atoms with Crippen molar-refractivity contribution in [3.63, 3.8) is 0 Å². The Labute approximate surface area is 158 Å². The summed E-state index contributed by atoms with van der Waals surface area (Å²) < 4.78 is 33.0. The van der Waals surface area contributed by atoms with E-state index in [9.17, 15) is 13.2 Å². The SMILES string of the molecule is CCCCOc1ccc(S(=O)(=O)N[C@H](Cc2cccnc2)C(=O)NO)cc1. The van der Waals surface area contributed by atoms with E-state index in [4.69, 9.17) is 9.94 Å². The molecule has 0 aliphatic heterocycles. The molecule has 27 heavy (non-hydrogen) atoms. The highest BCUT2D eigenvalue weighted by Crippen LogP contribution is 2.17. The van der Waals surface area contributed by atoms with Gasteiger partial charge in [-0.3, -0.25) is 15.0 Å². The summed E-state index contributed by atoms with van der Waals surface area (Å²) in [5, 5.41) is 8.92. The van der Waals surface area contributed by atoms with E-state index in [0.29, 0.717) is 17.9 Å². The fourth-order valence-corrected chi connectivity index (χ4v) is 3.52. The van der Waals surface area contributed by atoms with Gasteiger partial charge in [0.1, 0.15) is 11.8 Å². The van der Waals surface area contributed by atoms with Gasteiger partial charge in [0.2, 0.25) is 10.0 Å². The lowest BCUT2D eigenvalue weighted by Gasteiger charge is -2.17. The lowest BCUT2D eigenvalue weighted by Crippen LogP contribution is -2.47. The Morgan fingerprint density at radius 3 is 2.59 bits per heavy atom. The molecule has 2 rings (SSSR count). The number of pyridine rings is 1. The van der Waals surface area contributed by atoms with Crippen LogP contribution in [0.3, 0.4) is 0 Å². The molecular formula is C18H23N3O5S. The first-order valence-electron chi connectivity index (χ1n) is 8.54. The van der Waals surface area contributed by atoms with Crippen molar-refractivity contribution in [2.45, 2.75) is 37.1 Å². The molecule has 0 fully saturated rings. The molecule has 1 aromatic carbocycles. The Morgan fingerprint density at radius 2 is 2.00 bits per heavy atom. The zero-order valence-corrected chi connectivity index (χ0v) is 15.8. The van der Waals surface area contributed by atoms with Crippen LogP contribution in [0.15, 0.2) is 53.7 Å². The number of nitrogens with one attached hydrogen (secondary N) is 2. The summed E-state index contributed by atoms with van der Waals surface area (Å²) in [6, 6.07) is 8.13. The number of unbranched alkanes of at least 4 members (excludes halogenated alkanes) is 1. The second-order valence-corrected chi connectivity index (χ2v) is 7.60. The van der Waals surface area contributed by atoms with Crippen molar-refractivity contribution in [1.29, 1.82) is 0 Å². The average molecular weight is 393 g/mol. The standard InChI is InChI=1S/C18H23N3O5S/c1-2-3-11-26-15-6-8-16(9-7-15)27(24,25)21-17(18(22)20-23)12-14-5-4-10-19-13-14/h4-10,13,17,21,23H,2-3,11-12H2,1H3,(H,20,22)/t17-/m1/s1. The van der Waals surface area contributed by atoms with Gasteiger partial charge in [0.15, 0.2) is 0 Å². The maximum atomic E-state index is 12.6. The summed E-state index contributed by atoms with van der Waals surface area (Å²) in [6.07, 6.45) is 5.04. The molecule has 146 valence electrons. The fraction of sp³-hybridized carbons (Fsp3) is 0.333. The van der Waals surface area contributed by atoms with E-state index >= 15 is 0 Å². The number of ether oxygens (including phenoxy) is 1. The van der Waals surface area contributed by atoms with Gasteiger partial charge < -0.3 is 4.74 Å². The first-order chi connectivity index (χ1) is 13.0. The summed E-state index contributed by atoms with van der Waals surface area (Å²) in [5.74, 6) is -0.288. The highest BCUT2D eigenvalue weighted by Gasteiger charge is 2.26. The van der Waals surface area contributed by atoms with E-state index < -0.39 is 22.0 Å². The van der Waals surface area contributed by atoms with Crippen LogP contribution in [-0.2, 0) is 21.2 Å². The number of sulfonamides is 1. The molecular weight excluding hydrogens is 370 g/mol. The molecule has 0 saturated heterocycles. The van der Waals surface area contributed by atoms with Gasteiger partial charge in [-0.1, -0.05) is 19.4 Å². The minimum absolute atomic E-state index is 0.00716. The molecule has 1 amide bonds. The van der Waals surface area contributed by atoms with Crippen LogP contribution in [0, 0.1) is 0 Å². The highest BCUT2D eigenvalue weighted by molar-refractivity contribution is 7.89. The molecule has 3 N–H and O–H groups in total. The molecule has 2 aromatic rings. The number of carbonyl (C=O) groups excluding carboxylic acids is 1. The fourth-order valence-electron chi connectivity index (χ4n) is 2.33. The van der Waals surface area contributed by atoms with Gasteiger partial charge in [0.05, 0.1) is 11.5 Å². The van der Waals surface area contributed by atoms with E-state index in [-0.39, 0.29) is 11.3 Å². The van der Waals surface area contributed by atoms with Crippen LogP contribution in [0.2, 0.25) is 0 Å². The Hall–Kier alpha value is -2.49. The zero-order valence-electron chi connectivity index (χ0n) is 15.0. The van der Waals surface area contributed by atoms with Gasteiger partial charge in [0.25, 0.3) is 5.91 Å². The quantitative estimate of drug-likeness (QED) is 0.321. The van der Waals surface area contributed by atoms with Crippen LogP contribution in [0.4, 0.5) is 0 Å². The first-order valence-corrected chi connectivity index (χ1v) is 10.0. The van der Waals surface area contributed by atoms with Gasteiger partial charge in [-0.15, -0.1) is 0 Å². The number of aromatic nitrogens is 1. The molecule has 0 bridgehead atoms. The minimum atomic E-state index is -3.97. The molecule has 9 heteroatoms. The molecule has 0 spiro atoms. The minimum Gasteiger partial charge on any atom is -0.494 e. The van der Waals surface area contributed by atoms with Crippen molar-refractivity contribution in [2.24, 2.45) is 0 Å². The summed E-state index contributed by atoms with van der Waals surface area (Å²) in [6.45, 7) is 2.61. The summed E-state index contributed by atoms with van der Waals surface area (Å²) >= 11 is 0. The smallest absolute Gasteiger partial charge is 0.261 e. The molecule has 0 radical (unpaired) electrons. The Bertz CT molecular complexity index is 826. The summed E-state index contributed by atoms with van der Waals surface area (Å²) in [7, 11) is -3.97. The average Bonchev–Trinajstić information content (AvgIpc) is 2.68. The molecule has 0 aliphatic carbocycles. The number of amides is 1. The van der Waals surface area contributed by atoms with Crippen molar-refractivity contribution >= 4 is 15.9 Å². The molecule has 1 aromatic heterocycles.